The zero-order valence-electron chi connectivity index (χ0n) is 15.6. The number of aromatic nitrogens is 2. The van der Waals surface area contributed by atoms with Crippen molar-refractivity contribution in [1.82, 2.24) is 14.9 Å². The van der Waals surface area contributed by atoms with E-state index in [0.717, 1.165) is 25.7 Å². The minimum Gasteiger partial charge on any atom is -0.352 e. The van der Waals surface area contributed by atoms with Crippen molar-refractivity contribution >= 4 is 22.6 Å². The highest BCUT2D eigenvalue weighted by Crippen LogP contribution is 2.32. The highest BCUT2D eigenvalue weighted by molar-refractivity contribution is 5.89. The standard InChI is InChI=1S/C20H23F3N4O/c21-20(22,23)19-24-16-9-5-4-8-15(16)17(25-19)26-10-12-27(13-11-26)18(28)14-6-2-1-3-7-14/h4-5,8-9,14H,1-3,6-7,10-13H2. The zero-order chi connectivity index (χ0) is 19.7. The maximum Gasteiger partial charge on any atom is 0.451 e. The lowest BCUT2D eigenvalue weighted by Gasteiger charge is -2.38. The van der Waals surface area contributed by atoms with Crippen LogP contribution in [0.3, 0.4) is 0 Å². The van der Waals surface area contributed by atoms with E-state index in [-0.39, 0.29) is 17.3 Å². The van der Waals surface area contributed by atoms with Gasteiger partial charge in [-0.2, -0.15) is 13.2 Å². The van der Waals surface area contributed by atoms with Crippen LogP contribution in [0.4, 0.5) is 19.0 Å². The predicted molar refractivity (Wildman–Crippen MR) is 99.9 cm³/mol. The van der Waals surface area contributed by atoms with Crippen molar-refractivity contribution in [3.63, 3.8) is 0 Å². The average molecular weight is 392 g/mol. The van der Waals surface area contributed by atoms with E-state index >= 15 is 0 Å². The lowest BCUT2D eigenvalue weighted by Crippen LogP contribution is -2.51. The van der Waals surface area contributed by atoms with Gasteiger partial charge in [-0.05, 0) is 25.0 Å². The van der Waals surface area contributed by atoms with Gasteiger partial charge < -0.3 is 9.80 Å². The van der Waals surface area contributed by atoms with Gasteiger partial charge >= 0.3 is 6.18 Å². The van der Waals surface area contributed by atoms with Gasteiger partial charge in [-0.1, -0.05) is 31.4 Å². The van der Waals surface area contributed by atoms with Crippen LogP contribution in [0.2, 0.25) is 0 Å². The third-order valence-electron chi connectivity index (χ3n) is 5.68. The summed E-state index contributed by atoms with van der Waals surface area (Å²) in [7, 11) is 0. The number of anilines is 1. The van der Waals surface area contributed by atoms with Crippen LogP contribution in [-0.4, -0.2) is 47.0 Å². The number of hydrogen-bond donors (Lipinski definition) is 0. The van der Waals surface area contributed by atoms with Gasteiger partial charge in [-0.15, -0.1) is 0 Å². The molecule has 4 rings (SSSR count). The molecule has 1 aromatic carbocycles. The van der Waals surface area contributed by atoms with E-state index < -0.39 is 12.0 Å². The maximum atomic E-state index is 13.2. The number of para-hydroxylation sites is 1. The topological polar surface area (TPSA) is 49.3 Å². The van der Waals surface area contributed by atoms with Crippen LogP contribution in [0.15, 0.2) is 24.3 Å². The first-order chi connectivity index (χ1) is 13.4. The van der Waals surface area contributed by atoms with Crippen LogP contribution < -0.4 is 4.90 Å². The summed E-state index contributed by atoms with van der Waals surface area (Å²) < 4.78 is 39.7. The largest absolute Gasteiger partial charge is 0.451 e. The van der Waals surface area contributed by atoms with E-state index in [9.17, 15) is 18.0 Å². The first-order valence-electron chi connectivity index (χ1n) is 9.81. The molecule has 2 fully saturated rings. The summed E-state index contributed by atoms with van der Waals surface area (Å²) in [6, 6.07) is 6.74. The lowest BCUT2D eigenvalue weighted by atomic mass is 9.88. The van der Waals surface area contributed by atoms with Crippen LogP contribution >= 0.6 is 0 Å². The SMILES string of the molecule is O=C(C1CCCCC1)N1CCN(c2nc(C(F)(F)F)nc3ccccc23)CC1. The van der Waals surface area contributed by atoms with E-state index in [2.05, 4.69) is 9.97 Å². The third kappa shape index (κ3) is 3.77. The number of benzene rings is 1. The molecule has 0 atom stereocenters. The van der Waals surface area contributed by atoms with Crippen molar-refractivity contribution in [2.24, 2.45) is 5.92 Å². The number of alkyl halides is 3. The Hall–Kier alpha value is -2.38. The molecule has 1 amide bonds. The van der Waals surface area contributed by atoms with Gasteiger partial charge in [0.05, 0.1) is 5.52 Å². The Labute approximate surface area is 161 Å². The number of amides is 1. The van der Waals surface area contributed by atoms with Crippen LogP contribution in [0.25, 0.3) is 10.9 Å². The van der Waals surface area contributed by atoms with Crippen LogP contribution in [-0.2, 0) is 11.0 Å². The Morgan fingerprint density at radius 2 is 1.64 bits per heavy atom. The second kappa shape index (κ2) is 7.56. The normalized spacial score (nSPS) is 19.2. The summed E-state index contributed by atoms with van der Waals surface area (Å²) in [6.07, 6.45) is 0.694. The number of carbonyl (C=O) groups is 1. The Balaban J connectivity index is 1.54. The van der Waals surface area contributed by atoms with E-state index in [1.54, 1.807) is 24.3 Å². The first-order valence-corrected chi connectivity index (χ1v) is 9.81. The quantitative estimate of drug-likeness (QED) is 0.778. The van der Waals surface area contributed by atoms with Crippen LogP contribution in [0.1, 0.15) is 37.9 Å². The Kier molecular flexibility index (Phi) is 5.12. The number of hydrogen-bond acceptors (Lipinski definition) is 4. The molecule has 0 spiro atoms. The van der Waals surface area contributed by atoms with Gasteiger partial charge in [0.15, 0.2) is 0 Å². The van der Waals surface area contributed by atoms with E-state index in [1.807, 2.05) is 9.80 Å². The molecule has 2 aromatic rings. The fourth-order valence-corrected chi connectivity index (χ4v) is 4.17. The minimum atomic E-state index is -4.60. The molecular weight excluding hydrogens is 369 g/mol. The fourth-order valence-electron chi connectivity index (χ4n) is 4.17. The maximum absolute atomic E-state index is 13.2. The zero-order valence-corrected chi connectivity index (χ0v) is 15.6. The highest BCUT2D eigenvalue weighted by atomic mass is 19.4. The summed E-state index contributed by atoms with van der Waals surface area (Å²) in [4.78, 5) is 23.9. The van der Waals surface area contributed by atoms with E-state index in [0.29, 0.717) is 37.4 Å². The molecule has 28 heavy (non-hydrogen) atoms. The predicted octanol–water partition coefficient (Wildman–Crippen LogP) is 3.88. The second-order valence-corrected chi connectivity index (χ2v) is 7.53. The summed E-state index contributed by atoms with van der Waals surface area (Å²) in [5.74, 6) is -0.524. The molecule has 2 aliphatic rings. The van der Waals surface area contributed by atoms with Crippen molar-refractivity contribution < 1.29 is 18.0 Å². The van der Waals surface area contributed by atoms with Gasteiger partial charge in [0.2, 0.25) is 11.7 Å². The summed E-state index contributed by atoms with van der Waals surface area (Å²) in [5.41, 5.74) is 0.278. The Morgan fingerprint density at radius 1 is 0.964 bits per heavy atom. The van der Waals surface area contributed by atoms with Crippen LogP contribution in [0, 0.1) is 5.92 Å². The number of halogens is 3. The molecule has 1 saturated carbocycles. The molecule has 8 heteroatoms. The minimum absolute atomic E-state index is 0.108. The van der Waals surface area contributed by atoms with Gasteiger partial charge in [-0.25, -0.2) is 9.97 Å². The number of piperazine rings is 1. The number of nitrogens with zero attached hydrogens (tertiary/aromatic N) is 4. The number of carbonyl (C=O) groups excluding carboxylic acids is 1. The van der Waals surface area contributed by atoms with Gasteiger partial charge in [0, 0.05) is 37.5 Å². The lowest BCUT2D eigenvalue weighted by molar-refractivity contribution is -0.144. The molecule has 0 radical (unpaired) electrons. The van der Waals surface area contributed by atoms with Crippen molar-refractivity contribution in [1.29, 1.82) is 0 Å². The molecule has 0 bridgehead atoms. The Bertz CT molecular complexity index is 856. The second-order valence-electron chi connectivity index (χ2n) is 7.53. The van der Waals surface area contributed by atoms with Crippen molar-refractivity contribution in [3.8, 4) is 0 Å². The smallest absolute Gasteiger partial charge is 0.352 e. The molecule has 1 aliphatic carbocycles. The molecule has 150 valence electrons. The Morgan fingerprint density at radius 3 is 2.32 bits per heavy atom. The molecule has 1 saturated heterocycles. The average Bonchev–Trinajstić information content (AvgIpc) is 2.72. The van der Waals surface area contributed by atoms with E-state index in [4.69, 9.17) is 0 Å². The van der Waals surface area contributed by atoms with Gasteiger partial charge in [0.1, 0.15) is 5.82 Å². The highest BCUT2D eigenvalue weighted by Gasteiger charge is 2.36. The molecule has 5 nitrogen and oxygen atoms in total. The molecule has 2 heterocycles. The van der Waals surface area contributed by atoms with Crippen molar-refractivity contribution in [2.75, 3.05) is 31.1 Å². The van der Waals surface area contributed by atoms with E-state index in [1.165, 1.54) is 6.42 Å². The van der Waals surface area contributed by atoms with Crippen molar-refractivity contribution in [3.05, 3.63) is 30.1 Å². The first kappa shape index (κ1) is 19.0. The summed E-state index contributed by atoms with van der Waals surface area (Å²) >= 11 is 0. The van der Waals surface area contributed by atoms with Crippen LogP contribution in [0.5, 0.6) is 0 Å². The van der Waals surface area contributed by atoms with Gasteiger partial charge in [0.25, 0.3) is 0 Å². The monoisotopic (exact) mass is 392 g/mol. The summed E-state index contributed by atoms with van der Waals surface area (Å²) in [5, 5.41) is 0.600. The van der Waals surface area contributed by atoms with Gasteiger partial charge in [-0.3, -0.25) is 4.79 Å². The number of rotatable bonds is 2. The molecule has 0 N–H and O–H groups in total. The molecule has 1 aromatic heterocycles. The fraction of sp³-hybridized carbons (Fsp3) is 0.550. The molecular formula is C20H23F3N4O. The summed E-state index contributed by atoms with van der Waals surface area (Å²) in [6.45, 7) is 1.96. The number of fused-ring (bicyclic) bond motifs is 1. The molecule has 0 unspecified atom stereocenters. The molecule has 1 aliphatic heterocycles. The third-order valence-corrected chi connectivity index (χ3v) is 5.68. The van der Waals surface area contributed by atoms with Crippen molar-refractivity contribution in [2.45, 2.75) is 38.3 Å².